The molecule has 0 aromatic heterocycles. The standard InChI is InChI=1S/C20H32O3/c1-14(8-11-21)12-15-6-7-17-19(2,3)9-5-10-20(17,4)16(15)13-18(22)23/h8,17,21H,5-7,9-13H2,1-4H3,(H,22,23)/b14-8+/t17-,20+/m0/s1. The maximum Gasteiger partial charge on any atom is 0.307 e. The van der Waals surface area contributed by atoms with E-state index < -0.39 is 5.97 Å². The van der Waals surface area contributed by atoms with Crippen molar-refractivity contribution in [3.05, 3.63) is 22.8 Å². The lowest BCUT2D eigenvalue weighted by Gasteiger charge is -2.55. The van der Waals surface area contributed by atoms with Gasteiger partial charge in [0, 0.05) is 0 Å². The van der Waals surface area contributed by atoms with Crippen LogP contribution in [0.25, 0.3) is 0 Å². The molecule has 2 aliphatic carbocycles. The molecule has 3 nitrogen and oxygen atoms in total. The number of aliphatic hydroxyl groups excluding tert-OH is 1. The summed E-state index contributed by atoms with van der Waals surface area (Å²) < 4.78 is 0. The normalized spacial score (nSPS) is 31.0. The Balaban J connectivity index is 2.44. The van der Waals surface area contributed by atoms with Crippen molar-refractivity contribution < 1.29 is 15.0 Å². The molecule has 2 atom stereocenters. The molecule has 2 rings (SSSR count). The predicted octanol–water partition coefficient (Wildman–Crippen LogP) is 4.71. The fraction of sp³-hybridized carbons (Fsp3) is 0.750. The average molecular weight is 320 g/mol. The van der Waals surface area contributed by atoms with Gasteiger partial charge in [0.2, 0.25) is 0 Å². The van der Waals surface area contributed by atoms with Crippen LogP contribution in [0.15, 0.2) is 22.8 Å². The molecular weight excluding hydrogens is 288 g/mol. The number of rotatable bonds is 5. The zero-order valence-corrected chi connectivity index (χ0v) is 15.1. The first-order valence-corrected chi connectivity index (χ1v) is 8.90. The molecule has 0 spiro atoms. The van der Waals surface area contributed by atoms with Gasteiger partial charge in [-0.05, 0) is 55.8 Å². The van der Waals surface area contributed by atoms with Crippen LogP contribution >= 0.6 is 0 Å². The highest BCUT2D eigenvalue weighted by atomic mass is 16.4. The maximum atomic E-state index is 11.5. The Labute approximate surface area is 140 Å². The molecule has 0 aromatic carbocycles. The molecule has 0 bridgehead atoms. The quantitative estimate of drug-likeness (QED) is 0.721. The average Bonchev–Trinajstić information content (AvgIpc) is 2.41. The molecule has 0 radical (unpaired) electrons. The van der Waals surface area contributed by atoms with Gasteiger partial charge in [0.25, 0.3) is 0 Å². The van der Waals surface area contributed by atoms with Gasteiger partial charge >= 0.3 is 5.97 Å². The molecule has 3 heteroatoms. The van der Waals surface area contributed by atoms with Crippen molar-refractivity contribution in [1.29, 1.82) is 0 Å². The SMILES string of the molecule is C/C(=C\CO)CC1=C(CC(=O)O)[C@@]2(C)CCCC(C)(C)[C@@H]2CC1. The third-order valence-corrected chi connectivity index (χ3v) is 6.34. The van der Waals surface area contributed by atoms with E-state index in [4.69, 9.17) is 5.11 Å². The molecule has 23 heavy (non-hydrogen) atoms. The van der Waals surface area contributed by atoms with Gasteiger partial charge in [-0.2, -0.15) is 0 Å². The van der Waals surface area contributed by atoms with Gasteiger partial charge in [-0.1, -0.05) is 50.0 Å². The summed E-state index contributed by atoms with van der Waals surface area (Å²) in [6.07, 6.45) is 8.52. The summed E-state index contributed by atoms with van der Waals surface area (Å²) in [5.74, 6) is -0.143. The second kappa shape index (κ2) is 6.80. The molecule has 130 valence electrons. The van der Waals surface area contributed by atoms with E-state index in [1.807, 2.05) is 13.0 Å². The lowest BCUT2D eigenvalue weighted by atomic mass is 9.49. The van der Waals surface area contributed by atoms with Gasteiger partial charge in [-0.25, -0.2) is 0 Å². The van der Waals surface area contributed by atoms with Gasteiger partial charge in [-0.3, -0.25) is 4.79 Å². The zero-order valence-electron chi connectivity index (χ0n) is 15.1. The summed E-state index contributed by atoms with van der Waals surface area (Å²) in [7, 11) is 0. The van der Waals surface area contributed by atoms with Crippen LogP contribution in [0.2, 0.25) is 0 Å². The summed E-state index contributed by atoms with van der Waals surface area (Å²) >= 11 is 0. The monoisotopic (exact) mass is 320 g/mol. The Morgan fingerprint density at radius 3 is 2.57 bits per heavy atom. The van der Waals surface area contributed by atoms with Crippen molar-refractivity contribution in [3.63, 3.8) is 0 Å². The van der Waals surface area contributed by atoms with Crippen LogP contribution in [0.5, 0.6) is 0 Å². The molecule has 0 amide bonds. The third kappa shape index (κ3) is 3.71. The minimum Gasteiger partial charge on any atom is -0.481 e. The maximum absolute atomic E-state index is 11.5. The van der Waals surface area contributed by atoms with Crippen molar-refractivity contribution in [2.24, 2.45) is 16.7 Å². The van der Waals surface area contributed by atoms with Crippen molar-refractivity contribution in [1.82, 2.24) is 0 Å². The van der Waals surface area contributed by atoms with Gasteiger partial charge in [0.05, 0.1) is 13.0 Å². The van der Waals surface area contributed by atoms with E-state index in [-0.39, 0.29) is 23.9 Å². The number of carboxylic acid groups (broad SMARTS) is 1. The van der Waals surface area contributed by atoms with Crippen LogP contribution in [0, 0.1) is 16.7 Å². The first kappa shape index (κ1) is 18.3. The van der Waals surface area contributed by atoms with E-state index in [0.717, 1.165) is 31.3 Å². The van der Waals surface area contributed by atoms with Crippen molar-refractivity contribution in [2.45, 2.75) is 72.6 Å². The number of fused-ring (bicyclic) bond motifs is 1. The first-order chi connectivity index (χ1) is 10.7. The Kier molecular flexibility index (Phi) is 5.40. The van der Waals surface area contributed by atoms with Crippen molar-refractivity contribution in [3.8, 4) is 0 Å². The minimum absolute atomic E-state index is 0.0210. The summed E-state index contributed by atoms with van der Waals surface area (Å²) in [6, 6.07) is 0. The topological polar surface area (TPSA) is 57.5 Å². The van der Waals surface area contributed by atoms with Crippen LogP contribution in [0.3, 0.4) is 0 Å². The highest BCUT2D eigenvalue weighted by Gasteiger charge is 2.50. The van der Waals surface area contributed by atoms with E-state index in [2.05, 4.69) is 20.8 Å². The van der Waals surface area contributed by atoms with E-state index in [0.29, 0.717) is 5.92 Å². The summed E-state index contributed by atoms with van der Waals surface area (Å²) in [6.45, 7) is 9.10. The number of hydrogen-bond donors (Lipinski definition) is 2. The Hall–Kier alpha value is -1.09. The number of hydrogen-bond acceptors (Lipinski definition) is 2. The smallest absolute Gasteiger partial charge is 0.307 e. The largest absolute Gasteiger partial charge is 0.481 e. The zero-order chi connectivity index (χ0) is 17.3. The van der Waals surface area contributed by atoms with Crippen LogP contribution in [-0.2, 0) is 4.79 Å². The number of carbonyl (C=O) groups is 1. The fourth-order valence-electron chi connectivity index (χ4n) is 5.30. The van der Waals surface area contributed by atoms with Crippen molar-refractivity contribution >= 4 is 5.97 Å². The molecule has 1 fully saturated rings. The second-order valence-corrected chi connectivity index (χ2v) is 8.41. The fourth-order valence-corrected chi connectivity index (χ4v) is 5.30. The Morgan fingerprint density at radius 2 is 1.96 bits per heavy atom. The van der Waals surface area contributed by atoms with Gasteiger partial charge in [0.15, 0.2) is 0 Å². The first-order valence-electron chi connectivity index (χ1n) is 8.90. The number of carboxylic acids is 1. The Bertz CT molecular complexity index is 527. The molecule has 1 saturated carbocycles. The summed E-state index contributed by atoms with van der Waals surface area (Å²) in [4.78, 5) is 11.5. The van der Waals surface area contributed by atoms with Crippen LogP contribution < -0.4 is 0 Å². The number of allylic oxidation sites excluding steroid dienone is 2. The molecular formula is C20H32O3. The lowest BCUT2D eigenvalue weighted by molar-refractivity contribution is -0.137. The minimum atomic E-state index is -0.716. The van der Waals surface area contributed by atoms with E-state index in [1.54, 1.807) is 0 Å². The van der Waals surface area contributed by atoms with Crippen molar-refractivity contribution in [2.75, 3.05) is 6.61 Å². The Morgan fingerprint density at radius 1 is 1.26 bits per heavy atom. The molecule has 0 aliphatic heterocycles. The molecule has 0 saturated heterocycles. The summed E-state index contributed by atoms with van der Waals surface area (Å²) in [5.41, 5.74) is 3.94. The van der Waals surface area contributed by atoms with E-state index in [1.165, 1.54) is 24.0 Å². The molecule has 2 N–H and O–H groups in total. The second-order valence-electron chi connectivity index (χ2n) is 8.41. The van der Waals surface area contributed by atoms with E-state index in [9.17, 15) is 9.90 Å². The lowest BCUT2D eigenvalue weighted by Crippen LogP contribution is -2.46. The molecule has 2 aliphatic rings. The highest BCUT2D eigenvalue weighted by Crippen LogP contribution is 2.60. The van der Waals surface area contributed by atoms with Crippen LogP contribution in [0.1, 0.15) is 72.6 Å². The molecule has 0 aromatic rings. The van der Waals surface area contributed by atoms with Gasteiger partial charge < -0.3 is 10.2 Å². The summed E-state index contributed by atoms with van der Waals surface area (Å²) in [5, 5.41) is 18.6. The van der Waals surface area contributed by atoms with Crippen LogP contribution in [-0.4, -0.2) is 22.8 Å². The third-order valence-electron chi connectivity index (χ3n) is 6.34. The molecule has 0 heterocycles. The number of aliphatic carboxylic acids is 1. The molecule has 0 unspecified atom stereocenters. The van der Waals surface area contributed by atoms with Gasteiger partial charge in [-0.15, -0.1) is 0 Å². The van der Waals surface area contributed by atoms with Gasteiger partial charge in [0.1, 0.15) is 0 Å². The predicted molar refractivity (Wildman–Crippen MR) is 93.2 cm³/mol. The van der Waals surface area contributed by atoms with Crippen LogP contribution in [0.4, 0.5) is 0 Å². The van der Waals surface area contributed by atoms with E-state index >= 15 is 0 Å². The highest BCUT2D eigenvalue weighted by molar-refractivity contribution is 5.71. The number of aliphatic hydroxyl groups is 1.